The van der Waals surface area contributed by atoms with E-state index in [1.165, 1.54) is 0 Å². The van der Waals surface area contributed by atoms with Crippen LogP contribution in [0.25, 0.3) is 0 Å². The van der Waals surface area contributed by atoms with Crippen LogP contribution in [0.1, 0.15) is 6.92 Å². The summed E-state index contributed by atoms with van der Waals surface area (Å²) in [5, 5.41) is 0.965. The lowest BCUT2D eigenvalue weighted by Gasteiger charge is -2.08. The number of ether oxygens (including phenoxy) is 1. The predicted molar refractivity (Wildman–Crippen MR) is 55.4 cm³/mol. The van der Waals surface area contributed by atoms with E-state index >= 15 is 0 Å². The summed E-state index contributed by atoms with van der Waals surface area (Å²) in [6.45, 7) is 2.18. The molecule has 0 aromatic rings. The van der Waals surface area contributed by atoms with E-state index in [9.17, 15) is 4.79 Å². The molecule has 0 unspecified atom stereocenters. The Morgan fingerprint density at radius 2 is 2.33 bits per heavy atom. The molecule has 2 N–H and O–H groups in total. The Bertz CT molecular complexity index is 133. The van der Waals surface area contributed by atoms with Crippen molar-refractivity contribution >= 4 is 29.5 Å². The molecule has 1 atom stereocenters. The van der Waals surface area contributed by atoms with E-state index in [0.29, 0.717) is 12.4 Å². The highest BCUT2D eigenvalue weighted by molar-refractivity contribution is 8.15. The second kappa shape index (κ2) is 7.76. The van der Waals surface area contributed by atoms with Crippen molar-refractivity contribution in [2.24, 2.45) is 5.73 Å². The van der Waals surface area contributed by atoms with Gasteiger partial charge in [-0.15, -0.1) is 11.8 Å². The van der Waals surface area contributed by atoms with E-state index in [0.717, 1.165) is 5.08 Å². The summed E-state index contributed by atoms with van der Waals surface area (Å²) in [6, 6.07) is -0.470. The van der Waals surface area contributed by atoms with Crippen molar-refractivity contribution in [3.8, 4) is 0 Å². The summed E-state index contributed by atoms with van der Waals surface area (Å²) < 4.78 is 4.75. The lowest BCUT2D eigenvalue weighted by Crippen LogP contribution is -2.34. The van der Waals surface area contributed by atoms with Crippen molar-refractivity contribution in [3.05, 3.63) is 0 Å². The fourth-order valence-electron chi connectivity index (χ4n) is 0.576. The minimum absolute atomic E-state index is 0.300. The third-order valence-corrected chi connectivity index (χ3v) is 3.29. The number of hydrogen-bond donors (Lipinski definition) is 1. The van der Waals surface area contributed by atoms with Crippen LogP contribution in [0.2, 0.25) is 0 Å². The number of hydrogen-bond acceptors (Lipinski definition) is 5. The van der Waals surface area contributed by atoms with Gasteiger partial charge in [0.1, 0.15) is 6.04 Å². The molecule has 3 nitrogen and oxygen atoms in total. The van der Waals surface area contributed by atoms with Gasteiger partial charge in [0.05, 0.1) is 6.61 Å². The van der Waals surface area contributed by atoms with Gasteiger partial charge < -0.3 is 10.5 Å². The number of rotatable bonds is 6. The first-order valence-corrected chi connectivity index (χ1v) is 6.26. The third kappa shape index (κ3) is 5.74. The van der Waals surface area contributed by atoms with Crippen molar-refractivity contribution in [3.63, 3.8) is 0 Å². The van der Waals surface area contributed by atoms with Crippen LogP contribution in [-0.4, -0.2) is 35.7 Å². The molecule has 0 amide bonds. The quantitative estimate of drug-likeness (QED) is 0.401. The minimum atomic E-state index is -0.470. The Balaban J connectivity index is 3.42. The maximum atomic E-state index is 11.0. The summed E-state index contributed by atoms with van der Waals surface area (Å²) in [7, 11) is 0. The molecule has 0 spiro atoms. The Morgan fingerprint density at radius 1 is 1.67 bits per heavy atom. The van der Waals surface area contributed by atoms with Gasteiger partial charge in [0, 0.05) is 10.8 Å². The first-order chi connectivity index (χ1) is 5.72. The molecule has 72 valence electrons. The summed E-state index contributed by atoms with van der Waals surface area (Å²) in [5.74, 6) is 0.339. The number of esters is 1. The molecule has 0 rings (SSSR count). The van der Waals surface area contributed by atoms with E-state index < -0.39 is 6.04 Å². The van der Waals surface area contributed by atoms with Crippen molar-refractivity contribution in [2.45, 2.75) is 13.0 Å². The maximum Gasteiger partial charge on any atom is 0.323 e. The molecule has 0 aromatic heterocycles. The average molecular weight is 209 g/mol. The van der Waals surface area contributed by atoms with Gasteiger partial charge in [-0.3, -0.25) is 4.79 Å². The first-order valence-electron chi connectivity index (χ1n) is 3.71. The van der Waals surface area contributed by atoms with Crippen LogP contribution in [0, 0.1) is 0 Å². The van der Waals surface area contributed by atoms with Gasteiger partial charge in [0.25, 0.3) is 0 Å². The van der Waals surface area contributed by atoms with Crippen molar-refractivity contribution in [2.75, 3.05) is 23.7 Å². The number of nitrogens with two attached hydrogens (primary N) is 1. The van der Waals surface area contributed by atoms with Crippen LogP contribution in [0.5, 0.6) is 0 Å². The Labute approximate surface area is 81.8 Å². The molecule has 12 heavy (non-hydrogen) atoms. The van der Waals surface area contributed by atoms with Gasteiger partial charge in [0.2, 0.25) is 0 Å². The zero-order valence-electron chi connectivity index (χ0n) is 7.41. The maximum absolute atomic E-state index is 11.0. The van der Waals surface area contributed by atoms with Gasteiger partial charge in [-0.05, 0) is 13.2 Å². The lowest BCUT2D eigenvalue weighted by molar-refractivity contribution is -0.144. The molecule has 0 heterocycles. The molecule has 0 aromatic carbocycles. The van der Waals surface area contributed by atoms with Crippen molar-refractivity contribution in [1.82, 2.24) is 0 Å². The number of carbonyl (C=O) groups excluding carboxylic acids is 1. The fourth-order valence-corrected chi connectivity index (χ4v) is 2.02. The summed E-state index contributed by atoms with van der Waals surface area (Å²) >= 11 is 3.38. The molecule has 0 fully saturated rings. The van der Waals surface area contributed by atoms with Crippen LogP contribution < -0.4 is 5.73 Å². The van der Waals surface area contributed by atoms with Gasteiger partial charge in [-0.2, -0.15) is 11.8 Å². The first kappa shape index (κ1) is 12.1. The predicted octanol–water partition coefficient (Wildman–Crippen LogP) is 0.931. The minimum Gasteiger partial charge on any atom is -0.465 e. The van der Waals surface area contributed by atoms with E-state index in [-0.39, 0.29) is 5.97 Å². The standard InChI is InChI=1S/C7H15NO2S2/c1-3-10-7(9)6(8)4-12-5-11-2/h6H,3-5,8H2,1-2H3/t6-/m0/s1. The molecular formula is C7H15NO2S2. The highest BCUT2D eigenvalue weighted by Gasteiger charge is 2.13. The molecular weight excluding hydrogens is 194 g/mol. The van der Waals surface area contributed by atoms with E-state index in [2.05, 4.69) is 0 Å². The third-order valence-electron chi connectivity index (χ3n) is 1.09. The Kier molecular flexibility index (Phi) is 7.85. The van der Waals surface area contributed by atoms with Crippen LogP contribution in [-0.2, 0) is 9.53 Å². The zero-order valence-corrected chi connectivity index (χ0v) is 9.04. The second-order valence-electron chi connectivity index (χ2n) is 2.14. The van der Waals surface area contributed by atoms with Crippen LogP contribution in [0.15, 0.2) is 0 Å². The van der Waals surface area contributed by atoms with E-state index in [1.54, 1.807) is 30.4 Å². The summed E-state index contributed by atoms with van der Waals surface area (Å²) in [5.41, 5.74) is 5.54. The molecule has 0 bridgehead atoms. The topological polar surface area (TPSA) is 52.3 Å². The largest absolute Gasteiger partial charge is 0.465 e. The zero-order chi connectivity index (χ0) is 9.40. The second-order valence-corrected chi connectivity index (χ2v) is 4.40. The number of carbonyl (C=O) groups is 1. The van der Waals surface area contributed by atoms with Gasteiger partial charge in [-0.25, -0.2) is 0 Å². The molecule has 0 saturated heterocycles. The lowest BCUT2D eigenvalue weighted by atomic mass is 10.4. The van der Waals surface area contributed by atoms with Crippen molar-refractivity contribution < 1.29 is 9.53 Å². The van der Waals surface area contributed by atoms with Gasteiger partial charge >= 0.3 is 5.97 Å². The van der Waals surface area contributed by atoms with Crippen molar-refractivity contribution in [1.29, 1.82) is 0 Å². The highest BCUT2D eigenvalue weighted by atomic mass is 32.2. The van der Waals surface area contributed by atoms with Crippen LogP contribution in [0.4, 0.5) is 0 Å². The SMILES string of the molecule is CCOC(=O)[C@@H](N)CSCSC. The summed E-state index contributed by atoms with van der Waals surface area (Å²) in [6.07, 6.45) is 2.02. The fraction of sp³-hybridized carbons (Fsp3) is 0.857. The normalized spacial score (nSPS) is 12.6. The molecule has 0 radical (unpaired) electrons. The molecule has 0 aliphatic carbocycles. The number of thioether (sulfide) groups is 2. The molecule has 0 saturated carbocycles. The van der Waals surface area contributed by atoms with E-state index in [1.807, 2.05) is 6.26 Å². The Morgan fingerprint density at radius 3 is 2.83 bits per heavy atom. The highest BCUT2D eigenvalue weighted by Crippen LogP contribution is 2.09. The average Bonchev–Trinajstić information content (AvgIpc) is 2.05. The van der Waals surface area contributed by atoms with Crippen LogP contribution >= 0.6 is 23.5 Å². The summed E-state index contributed by atoms with van der Waals surface area (Å²) in [4.78, 5) is 11.0. The monoisotopic (exact) mass is 209 g/mol. The van der Waals surface area contributed by atoms with Gasteiger partial charge in [-0.1, -0.05) is 0 Å². The Hall–Kier alpha value is 0.130. The van der Waals surface area contributed by atoms with E-state index in [4.69, 9.17) is 10.5 Å². The molecule has 5 heteroatoms. The smallest absolute Gasteiger partial charge is 0.323 e. The van der Waals surface area contributed by atoms with Gasteiger partial charge in [0.15, 0.2) is 0 Å². The molecule has 0 aliphatic rings. The van der Waals surface area contributed by atoms with Crippen LogP contribution in [0.3, 0.4) is 0 Å². The molecule has 0 aliphatic heterocycles.